The molecule has 1 aromatic rings. The maximum absolute atomic E-state index is 12.7. The first-order valence-electron chi connectivity index (χ1n) is 7.36. The molecule has 1 spiro atoms. The smallest absolute Gasteiger partial charge is 0.307 e. The number of aromatic nitrogens is 1. The van der Waals surface area contributed by atoms with Gasteiger partial charge in [0.25, 0.3) is 0 Å². The molecule has 0 aromatic carbocycles. The van der Waals surface area contributed by atoms with Crippen LogP contribution < -0.4 is 5.32 Å². The van der Waals surface area contributed by atoms with Gasteiger partial charge in [0.2, 0.25) is 5.91 Å². The van der Waals surface area contributed by atoms with Gasteiger partial charge in [-0.05, 0) is 58.2 Å². The van der Waals surface area contributed by atoms with Crippen LogP contribution in [0.4, 0.5) is 5.69 Å². The SMILES string of the molecule is O=C(Nc1ccc(Br)nc1)C1[C@H](C(=O)O)[C@H]2C=C[C@@H]1C21CC1. The summed E-state index contributed by atoms with van der Waals surface area (Å²) in [5.74, 6) is -2.10. The number of hydrogen-bond donors (Lipinski definition) is 2. The second-order valence-electron chi connectivity index (χ2n) is 6.42. The van der Waals surface area contributed by atoms with E-state index in [-0.39, 0.29) is 23.2 Å². The van der Waals surface area contributed by atoms with Gasteiger partial charge in [-0.15, -0.1) is 0 Å². The fourth-order valence-corrected chi connectivity index (χ4v) is 4.60. The molecule has 1 amide bonds. The van der Waals surface area contributed by atoms with Crippen molar-refractivity contribution in [3.63, 3.8) is 0 Å². The highest BCUT2D eigenvalue weighted by Crippen LogP contribution is 2.72. The number of pyridine rings is 1. The highest BCUT2D eigenvalue weighted by Gasteiger charge is 2.70. The first kappa shape index (κ1) is 13.9. The third kappa shape index (κ3) is 1.86. The number of carbonyl (C=O) groups excluding carboxylic acids is 1. The fourth-order valence-electron chi connectivity index (χ4n) is 4.37. The average molecular weight is 363 g/mol. The van der Waals surface area contributed by atoms with Crippen molar-refractivity contribution in [3.05, 3.63) is 35.1 Å². The lowest BCUT2D eigenvalue weighted by atomic mass is 9.82. The molecular weight excluding hydrogens is 348 g/mol. The summed E-state index contributed by atoms with van der Waals surface area (Å²) in [4.78, 5) is 28.4. The van der Waals surface area contributed by atoms with Gasteiger partial charge in [-0.1, -0.05) is 12.2 Å². The Labute approximate surface area is 135 Å². The molecule has 0 radical (unpaired) electrons. The van der Waals surface area contributed by atoms with Crippen LogP contribution in [0.1, 0.15) is 12.8 Å². The number of carboxylic acid groups (broad SMARTS) is 1. The van der Waals surface area contributed by atoms with Crippen molar-refractivity contribution in [2.24, 2.45) is 29.1 Å². The monoisotopic (exact) mass is 362 g/mol. The van der Waals surface area contributed by atoms with Gasteiger partial charge < -0.3 is 10.4 Å². The molecular formula is C16H15BrN2O3. The van der Waals surface area contributed by atoms with Gasteiger partial charge in [0.05, 0.1) is 23.7 Å². The summed E-state index contributed by atoms with van der Waals surface area (Å²) in [6.45, 7) is 0. The van der Waals surface area contributed by atoms with Gasteiger partial charge in [-0.3, -0.25) is 9.59 Å². The van der Waals surface area contributed by atoms with Crippen molar-refractivity contribution in [1.82, 2.24) is 4.98 Å². The number of nitrogens with zero attached hydrogens (tertiary/aromatic N) is 1. The van der Waals surface area contributed by atoms with Crippen molar-refractivity contribution in [2.75, 3.05) is 5.32 Å². The number of anilines is 1. The van der Waals surface area contributed by atoms with Crippen LogP contribution in [0.15, 0.2) is 35.1 Å². The van der Waals surface area contributed by atoms with Gasteiger partial charge in [0.1, 0.15) is 4.60 Å². The zero-order valence-corrected chi connectivity index (χ0v) is 13.3. The molecule has 0 saturated heterocycles. The molecule has 5 nitrogen and oxygen atoms in total. The lowest BCUT2D eigenvalue weighted by Crippen LogP contribution is -2.36. The van der Waals surface area contributed by atoms with E-state index in [0.717, 1.165) is 12.8 Å². The molecule has 3 aliphatic carbocycles. The number of halogens is 1. The maximum atomic E-state index is 12.7. The average Bonchev–Trinajstić information content (AvgIpc) is 3.15. The Kier molecular flexibility index (Phi) is 2.95. The Balaban J connectivity index is 1.60. The Hall–Kier alpha value is -1.69. The number of rotatable bonds is 3. The molecule has 2 saturated carbocycles. The zero-order chi connectivity index (χ0) is 15.5. The molecule has 0 aliphatic heterocycles. The van der Waals surface area contributed by atoms with Crippen molar-refractivity contribution in [1.29, 1.82) is 0 Å². The van der Waals surface area contributed by atoms with Crippen molar-refractivity contribution in [3.8, 4) is 0 Å². The molecule has 1 unspecified atom stereocenters. The number of allylic oxidation sites excluding steroid dienone is 2. The maximum Gasteiger partial charge on any atom is 0.307 e. The molecule has 6 heteroatoms. The first-order valence-corrected chi connectivity index (χ1v) is 8.16. The Morgan fingerprint density at radius 1 is 1.23 bits per heavy atom. The topological polar surface area (TPSA) is 79.3 Å². The summed E-state index contributed by atoms with van der Waals surface area (Å²) in [6, 6.07) is 3.49. The van der Waals surface area contributed by atoms with E-state index in [1.165, 1.54) is 0 Å². The van der Waals surface area contributed by atoms with Crippen LogP contribution in [0.3, 0.4) is 0 Å². The van der Waals surface area contributed by atoms with Crippen LogP contribution in [0.5, 0.6) is 0 Å². The first-order chi connectivity index (χ1) is 10.5. The van der Waals surface area contributed by atoms with Gasteiger partial charge in [0, 0.05) is 0 Å². The third-order valence-corrected chi connectivity index (χ3v) is 5.89. The largest absolute Gasteiger partial charge is 0.481 e. The normalized spacial score (nSPS) is 33.1. The number of hydrogen-bond acceptors (Lipinski definition) is 3. The fraction of sp³-hybridized carbons (Fsp3) is 0.438. The molecule has 114 valence electrons. The minimum atomic E-state index is -0.864. The lowest BCUT2D eigenvalue weighted by Gasteiger charge is -2.23. The summed E-state index contributed by atoms with van der Waals surface area (Å²) < 4.78 is 0.689. The molecule has 2 fully saturated rings. The number of nitrogens with one attached hydrogen (secondary N) is 1. The highest BCUT2D eigenvalue weighted by atomic mass is 79.9. The summed E-state index contributed by atoms with van der Waals surface area (Å²) in [5, 5.41) is 12.4. The van der Waals surface area contributed by atoms with E-state index in [9.17, 15) is 14.7 Å². The van der Waals surface area contributed by atoms with E-state index in [0.29, 0.717) is 10.3 Å². The number of carboxylic acids is 1. The minimum Gasteiger partial charge on any atom is -0.481 e. The molecule has 3 aliphatic rings. The van der Waals surface area contributed by atoms with Crippen LogP contribution >= 0.6 is 15.9 Å². The molecule has 1 aromatic heterocycles. The van der Waals surface area contributed by atoms with Crippen molar-refractivity contribution >= 4 is 33.5 Å². The molecule has 2 N–H and O–H groups in total. The van der Waals surface area contributed by atoms with E-state index in [1.807, 2.05) is 6.08 Å². The predicted molar refractivity (Wildman–Crippen MR) is 83.0 cm³/mol. The van der Waals surface area contributed by atoms with Crippen LogP contribution in [0, 0.1) is 29.1 Å². The van der Waals surface area contributed by atoms with Crippen LogP contribution in [-0.4, -0.2) is 22.0 Å². The summed E-state index contributed by atoms with van der Waals surface area (Å²) in [6.07, 6.45) is 7.70. The standard InChI is InChI=1S/C16H15BrN2O3/c17-11-4-1-8(7-18-11)19-14(20)12-9-2-3-10(13(12)15(21)22)16(9)5-6-16/h1-4,7,9-10,12-13H,5-6H2,(H,19,20)(H,21,22)/t9-,10+,12?,13+/m0/s1. The van der Waals surface area contributed by atoms with Gasteiger partial charge in [-0.2, -0.15) is 0 Å². The molecule has 2 bridgehead atoms. The predicted octanol–water partition coefficient (Wildman–Crippen LogP) is 2.70. The van der Waals surface area contributed by atoms with Crippen molar-refractivity contribution < 1.29 is 14.7 Å². The van der Waals surface area contributed by atoms with Crippen LogP contribution in [0.2, 0.25) is 0 Å². The van der Waals surface area contributed by atoms with Crippen LogP contribution in [-0.2, 0) is 9.59 Å². The summed E-state index contributed by atoms with van der Waals surface area (Å²) in [7, 11) is 0. The van der Waals surface area contributed by atoms with E-state index >= 15 is 0 Å². The van der Waals surface area contributed by atoms with Crippen LogP contribution in [0.25, 0.3) is 0 Å². The lowest BCUT2D eigenvalue weighted by molar-refractivity contribution is -0.146. The molecule has 4 atom stereocenters. The van der Waals surface area contributed by atoms with Gasteiger partial charge in [-0.25, -0.2) is 4.98 Å². The molecule has 22 heavy (non-hydrogen) atoms. The van der Waals surface area contributed by atoms with Crippen molar-refractivity contribution in [2.45, 2.75) is 12.8 Å². The summed E-state index contributed by atoms with van der Waals surface area (Å²) >= 11 is 3.25. The second-order valence-corrected chi connectivity index (χ2v) is 7.23. The Bertz CT molecular complexity index is 681. The zero-order valence-electron chi connectivity index (χ0n) is 11.7. The summed E-state index contributed by atoms with van der Waals surface area (Å²) in [5.41, 5.74) is 0.636. The quantitative estimate of drug-likeness (QED) is 0.639. The Morgan fingerprint density at radius 3 is 2.45 bits per heavy atom. The van der Waals surface area contributed by atoms with E-state index in [2.05, 4.69) is 32.3 Å². The highest BCUT2D eigenvalue weighted by molar-refractivity contribution is 9.10. The number of amides is 1. The van der Waals surface area contributed by atoms with E-state index in [1.54, 1.807) is 18.3 Å². The third-order valence-electron chi connectivity index (χ3n) is 5.42. The van der Waals surface area contributed by atoms with E-state index in [4.69, 9.17) is 0 Å². The number of aliphatic carboxylic acids is 1. The second kappa shape index (κ2) is 4.65. The van der Waals surface area contributed by atoms with Gasteiger partial charge in [0.15, 0.2) is 0 Å². The molecule has 1 heterocycles. The van der Waals surface area contributed by atoms with Gasteiger partial charge >= 0.3 is 5.97 Å². The van der Waals surface area contributed by atoms with E-state index < -0.39 is 17.8 Å². The Morgan fingerprint density at radius 2 is 1.91 bits per heavy atom. The molecule has 4 rings (SSSR count). The minimum absolute atomic E-state index is 0.00814. The number of carbonyl (C=O) groups is 2.